The van der Waals surface area contributed by atoms with Crippen LogP contribution in [0.25, 0.3) is 0 Å². The highest BCUT2D eigenvalue weighted by atomic mass is 19.4. The van der Waals surface area contributed by atoms with Crippen molar-refractivity contribution in [3.8, 4) is 6.07 Å². The first kappa shape index (κ1) is 15.7. The molecule has 17 heavy (non-hydrogen) atoms. The fraction of sp³-hybridized carbons (Fsp3) is 0.800. The molecule has 0 heterocycles. The van der Waals surface area contributed by atoms with E-state index < -0.39 is 24.6 Å². The van der Waals surface area contributed by atoms with Crippen LogP contribution in [0.2, 0.25) is 0 Å². The average molecular weight is 252 g/mol. The molecule has 1 N–H and O–H groups in total. The predicted octanol–water partition coefficient (Wildman–Crippen LogP) is 1.87. The van der Waals surface area contributed by atoms with Crippen LogP contribution in [-0.4, -0.2) is 41.3 Å². The maximum atomic E-state index is 12.4. The third kappa shape index (κ3) is 5.54. The van der Waals surface area contributed by atoms with Crippen molar-refractivity contribution >= 4 is 5.97 Å². The summed E-state index contributed by atoms with van der Waals surface area (Å²) in [5.74, 6) is -4.30. The maximum absolute atomic E-state index is 12.4. The molecule has 0 amide bonds. The molecule has 0 aromatic rings. The van der Waals surface area contributed by atoms with Gasteiger partial charge in [0.15, 0.2) is 5.92 Å². The molecule has 0 aliphatic heterocycles. The van der Waals surface area contributed by atoms with E-state index in [0.717, 1.165) is 0 Å². The van der Waals surface area contributed by atoms with Crippen molar-refractivity contribution in [2.75, 3.05) is 13.1 Å². The Kier molecular flexibility index (Phi) is 5.96. The number of nitrogens with zero attached hydrogens (tertiary/aromatic N) is 2. The molecule has 7 heteroatoms. The molecule has 0 aliphatic carbocycles. The fourth-order valence-corrected chi connectivity index (χ4v) is 1.31. The summed E-state index contributed by atoms with van der Waals surface area (Å²) in [7, 11) is 0. The van der Waals surface area contributed by atoms with E-state index in [1.165, 1.54) is 4.90 Å². The number of halogens is 3. The highest BCUT2D eigenvalue weighted by Crippen LogP contribution is 2.27. The first-order chi connectivity index (χ1) is 7.70. The second-order valence-electron chi connectivity index (χ2n) is 3.93. The molecule has 1 unspecified atom stereocenters. The van der Waals surface area contributed by atoms with Crippen molar-refractivity contribution in [2.24, 2.45) is 5.92 Å². The van der Waals surface area contributed by atoms with Gasteiger partial charge in [-0.05, 0) is 13.8 Å². The van der Waals surface area contributed by atoms with Crippen LogP contribution < -0.4 is 0 Å². The van der Waals surface area contributed by atoms with Crippen LogP contribution in [0, 0.1) is 17.2 Å². The van der Waals surface area contributed by atoms with Gasteiger partial charge in [0.2, 0.25) is 0 Å². The first-order valence-electron chi connectivity index (χ1n) is 5.10. The van der Waals surface area contributed by atoms with E-state index in [2.05, 4.69) is 0 Å². The molecule has 0 radical (unpaired) electrons. The minimum absolute atomic E-state index is 0.0718. The summed E-state index contributed by atoms with van der Waals surface area (Å²) in [6.07, 6.45) is -4.70. The van der Waals surface area contributed by atoms with Crippen LogP contribution in [0.15, 0.2) is 0 Å². The smallest absolute Gasteiger partial charge is 0.403 e. The summed E-state index contributed by atoms with van der Waals surface area (Å²) < 4.78 is 37.3. The Bertz CT molecular complexity index is 297. The van der Waals surface area contributed by atoms with Gasteiger partial charge in [-0.1, -0.05) is 0 Å². The van der Waals surface area contributed by atoms with Crippen molar-refractivity contribution in [1.82, 2.24) is 4.90 Å². The van der Waals surface area contributed by atoms with Crippen LogP contribution in [0.1, 0.15) is 20.3 Å². The van der Waals surface area contributed by atoms with E-state index in [0.29, 0.717) is 0 Å². The lowest BCUT2D eigenvalue weighted by Crippen LogP contribution is -2.44. The minimum Gasteiger partial charge on any atom is -0.481 e. The number of hydrogen-bond acceptors (Lipinski definition) is 3. The lowest BCUT2D eigenvalue weighted by Gasteiger charge is -2.29. The highest BCUT2D eigenvalue weighted by molar-refractivity contribution is 5.71. The zero-order valence-corrected chi connectivity index (χ0v) is 9.66. The van der Waals surface area contributed by atoms with Crippen molar-refractivity contribution in [3.05, 3.63) is 0 Å². The average Bonchev–Trinajstić information content (AvgIpc) is 2.14. The Morgan fingerprint density at radius 2 is 2.00 bits per heavy atom. The molecule has 0 aliphatic rings. The van der Waals surface area contributed by atoms with Crippen molar-refractivity contribution in [2.45, 2.75) is 32.5 Å². The standard InChI is InChI=1S/C10H15F3N2O2/c1-7(2)15(5-3-4-14)6-8(9(16)17)10(11,12)13/h7-8H,3,5-6H2,1-2H3,(H,16,17). The molecular weight excluding hydrogens is 237 g/mol. The maximum Gasteiger partial charge on any atom is 0.403 e. The highest BCUT2D eigenvalue weighted by Gasteiger charge is 2.46. The zero-order valence-electron chi connectivity index (χ0n) is 9.66. The molecule has 1 atom stereocenters. The van der Waals surface area contributed by atoms with E-state index in [-0.39, 0.29) is 19.0 Å². The van der Waals surface area contributed by atoms with E-state index in [4.69, 9.17) is 10.4 Å². The van der Waals surface area contributed by atoms with E-state index in [1.807, 2.05) is 6.07 Å². The Hall–Kier alpha value is -1.29. The van der Waals surface area contributed by atoms with E-state index in [1.54, 1.807) is 13.8 Å². The Morgan fingerprint density at radius 1 is 1.47 bits per heavy atom. The Balaban J connectivity index is 4.70. The molecule has 0 aromatic heterocycles. The fourth-order valence-electron chi connectivity index (χ4n) is 1.31. The van der Waals surface area contributed by atoms with Gasteiger partial charge in [-0.15, -0.1) is 0 Å². The SMILES string of the molecule is CC(C)N(CCC#N)CC(C(=O)O)C(F)(F)F. The number of aliphatic carboxylic acids is 1. The van der Waals surface area contributed by atoms with Crippen LogP contribution in [0.5, 0.6) is 0 Å². The molecule has 0 saturated heterocycles. The van der Waals surface area contributed by atoms with Crippen LogP contribution in [-0.2, 0) is 4.79 Å². The Labute approximate surface area is 97.6 Å². The summed E-state index contributed by atoms with van der Waals surface area (Å²) in [5, 5.41) is 16.9. The number of hydrogen-bond donors (Lipinski definition) is 1. The number of carboxylic acid groups (broad SMARTS) is 1. The van der Waals surface area contributed by atoms with Gasteiger partial charge in [0, 0.05) is 25.6 Å². The molecule has 0 rings (SSSR count). The summed E-state index contributed by atoms with van der Waals surface area (Å²) in [6.45, 7) is 2.82. The third-order valence-corrected chi connectivity index (χ3v) is 2.35. The Morgan fingerprint density at radius 3 is 2.29 bits per heavy atom. The van der Waals surface area contributed by atoms with Crippen LogP contribution in [0.4, 0.5) is 13.2 Å². The topological polar surface area (TPSA) is 64.3 Å². The zero-order chi connectivity index (χ0) is 13.6. The molecule has 0 bridgehead atoms. The number of rotatable bonds is 6. The normalized spacial score (nSPS) is 13.8. The quantitative estimate of drug-likeness (QED) is 0.783. The van der Waals surface area contributed by atoms with E-state index >= 15 is 0 Å². The van der Waals surface area contributed by atoms with Crippen LogP contribution >= 0.6 is 0 Å². The number of carbonyl (C=O) groups is 1. The van der Waals surface area contributed by atoms with E-state index in [9.17, 15) is 18.0 Å². The van der Waals surface area contributed by atoms with Gasteiger partial charge in [0.1, 0.15) is 0 Å². The third-order valence-electron chi connectivity index (χ3n) is 2.35. The number of alkyl halides is 3. The minimum atomic E-state index is -4.77. The van der Waals surface area contributed by atoms with Crippen LogP contribution in [0.3, 0.4) is 0 Å². The van der Waals surface area contributed by atoms with Gasteiger partial charge in [-0.25, -0.2) is 0 Å². The first-order valence-corrected chi connectivity index (χ1v) is 5.10. The second-order valence-corrected chi connectivity index (χ2v) is 3.93. The van der Waals surface area contributed by atoms with Gasteiger partial charge in [0.25, 0.3) is 0 Å². The molecular formula is C10H15F3N2O2. The summed E-state index contributed by atoms with van der Waals surface area (Å²) in [4.78, 5) is 11.9. The lowest BCUT2D eigenvalue weighted by atomic mass is 10.1. The van der Waals surface area contributed by atoms with Crippen molar-refractivity contribution < 1.29 is 23.1 Å². The van der Waals surface area contributed by atoms with Gasteiger partial charge in [0.05, 0.1) is 6.07 Å². The monoisotopic (exact) mass is 252 g/mol. The van der Waals surface area contributed by atoms with Gasteiger partial charge in [-0.3, -0.25) is 9.69 Å². The summed E-state index contributed by atoms with van der Waals surface area (Å²) in [6, 6.07) is 1.58. The molecule has 0 spiro atoms. The molecule has 98 valence electrons. The molecule has 0 fully saturated rings. The number of carboxylic acids is 1. The molecule has 0 aromatic carbocycles. The van der Waals surface area contributed by atoms with Crippen molar-refractivity contribution in [1.29, 1.82) is 5.26 Å². The molecule has 4 nitrogen and oxygen atoms in total. The summed E-state index contributed by atoms with van der Waals surface area (Å²) >= 11 is 0. The summed E-state index contributed by atoms with van der Waals surface area (Å²) in [5.41, 5.74) is 0. The second kappa shape index (κ2) is 6.45. The number of nitriles is 1. The lowest BCUT2D eigenvalue weighted by molar-refractivity contribution is -0.197. The largest absolute Gasteiger partial charge is 0.481 e. The van der Waals surface area contributed by atoms with Gasteiger partial charge in [-0.2, -0.15) is 18.4 Å². The van der Waals surface area contributed by atoms with Crippen molar-refractivity contribution in [3.63, 3.8) is 0 Å². The van der Waals surface area contributed by atoms with Gasteiger partial charge < -0.3 is 5.11 Å². The predicted molar refractivity (Wildman–Crippen MR) is 54.1 cm³/mol. The molecule has 0 saturated carbocycles. The van der Waals surface area contributed by atoms with Gasteiger partial charge >= 0.3 is 12.1 Å².